The van der Waals surface area contributed by atoms with E-state index in [1.54, 1.807) is 92.8 Å². The molecular formula is C56H91IN3O22-. The number of hydrogen-bond donors (Lipinski definition) is 17. The van der Waals surface area contributed by atoms with E-state index < -0.39 is 184 Å². The summed E-state index contributed by atoms with van der Waals surface area (Å²) >= 11 is 0. The molecule has 0 radical (unpaired) electrons. The van der Waals surface area contributed by atoms with Crippen molar-refractivity contribution >= 4 is 12.0 Å². The number of amides is 2. The Balaban J connectivity index is 0.0000176. The van der Waals surface area contributed by atoms with Crippen LogP contribution in [0.4, 0.5) is 4.79 Å². The predicted molar refractivity (Wildman–Crippen MR) is 291 cm³/mol. The Hall–Kier alpha value is -3.15. The summed E-state index contributed by atoms with van der Waals surface area (Å²) in [6.07, 6.45) is -4.13. The molecule has 4 heterocycles. The molecule has 3 saturated heterocycles. The minimum atomic E-state index is -2.35. The molecule has 0 aromatic rings. The number of carbonyl (C=O) groups excluding carboxylic acids is 2. The van der Waals surface area contributed by atoms with Crippen molar-refractivity contribution in [3.63, 3.8) is 0 Å². The number of rotatable bonds is 9. The first-order valence-electron chi connectivity index (χ1n) is 27.8. The summed E-state index contributed by atoms with van der Waals surface area (Å²) in [7, 11) is 0. The zero-order valence-corrected chi connectivity index (χ0v) is 49.0. The highest BCUT2D eigenvalue weighted by atomic mass is 127. The van der Waals surface area contributed by atoms with Gasteiger partial charge in [-0.2, -0.15) is 0 Å². The molecule has 0 aromatic heterocycles. The third kappa shape index (κ3) is 24.0. The number of nitrogens with two attached hydrogens (primary N) is 1. The number of halogens is 1. The molecule has 1 unspecified atom stereocenters. The van der Waals surface area contributed by atoms with Crippen molar-refractivity contribution in [2.75, 3.05) is 19.8 Å². The summed E-state index contributed by atoms with van der Waals surface area (Å²) in [6, 6.07) is -3.32. The second-order valence-corrected chi connectivity index (χ2v) is 21.6. The van der Waals surface area contributed by atoms with Crippen molar-refractivity contribution < 1.29 is 133 Å². The highest BCUT2D eigenvalue weighted by Crippen LogP contribution is 2.35. The molecule has 4 aliphatic heterocycles. The maximum Gasteiger partial charge on any atom is 0.315 e. The Labute approximate surface area is 496 Å². The zero-order chi connectivity index (χ0) is 60.0. The molecule has 4 rings (SSSR count). The van der Waals surface area contributed by atoms with Gasteiger partial charge < -0.3 is 140 Å². The summed E-state index contributed by atoms with van der Waals surface area (Å²) in [5, 5.41) is 156. The monoisotopic (exact) mass is 1280 g/mol. The number of allylic oxidation sites excluding steroid dienone is 12. The molecule has 0 aromatic carbocycles. The highest BCUT2D eigenvalue weighted by Gasteiger charge is 2.49. The van der Waals surface area contributed by atoms with E-state index in [1.165, 1.54) is 6.92 Å². The number of cyclic esters (lactones) is 1. The number of hydrogen-bond acceptors (Lipinski definition) is 23. The van der Waals surface area contributed by atoms with Gasteiger partial charge in [0, 0.05) is 44.1 Å². The van der Waals surface area contributed by atoms with Crippen LogP contribution in [0.25, 0.3) is 0 Å². The fourth-order valence-electron chi connectivity index (χ4n) is 9.72. The Bertz CT molecular complexity index is 2090. The molecule has 3 fully saturated rings. The van der Waals surface area contributed by atoms with Gasteiger partial charge in [-0.25, -0.2) is 4.79 Å². The summed E-state index contributed by atoms with van der Waals surface area (Å²) in [5.41, 5.74) is 6.13. The van der Waals surface area contributed by atoms with Crippen LogP contribution in [0.2, 0.25) is 0 Å². The lowest BCUT2D eigenvalue weighted by Crippen LogP contribution is -3.00. The molecule has 26 heteroatoms. The number of urea groups is 1. The smallest absolute Gasteiger partial charge is 0.315 e. The van der Waals surface area contributed by atoms with Gasteiger partial charge in [-0.3, -0.25) is 4.79 Å². The lowest BCUT2D eigenvalue weighted by Gasteiger charge is -2.46. The van der Waals surface area contributed by atoms with Gasteiger partial charge in [0.25, 0.3) is 0 Å². The van der Waals surface area contributed by atoms with Crippen molar-refractivity contribution in [1.29, 1.82) is 0 Å². The number of esters is 1. The Morgan fingerprint density at radius 3 is 1.89 bits per heavy atom. The van der Waals surface area contributed by atoms with Gasteiger partial charge in [-0.05, 0) is 39.5 Å². The maximum absolute atomic E-state index is 13.5. The molecule has 0 aliphatic carbocycles. The molecule has 18 N–H and O–H groups in total. The van der Waals surface area contributed by atoms with Crippen molar-refractivity contribution in [3.8, 4) is 0 Å². The third-order valence-electron chi connectivity index (χ3n) is 14.8. The lowest BCUT2D eigenvalue weighted by atomic mass is 9.87. The minimum absolute atomic E-state index is 0. The van der Waals surface area contributed by atoms with Crippen LogP contribution in [-0.4, -0.2) is 237 Å². The van der Waals surface area contributed by atoms with Crippen LogP contribution in [0.15, 0.2) is 85.1 Å². The molecular weight excluding hydrogens is 1190 g/mol. The zero-order valence-electron chi connectivity index (χ0n) is 46.8. The van der Waals surface area contributed by atoms with E-state index in [0.717, 1.165) is 0 Å². The normalized spacial score (nSPS) is 44.0. The average Bonchev–Trinajstić information content (AvgIpc) is 3.54. The van der Waals surface area contributed by atoms with Gasteiger partial charge in [0.1, 0.15) is 36.6 Å². The van der Waals surface area contributed by atoms with Crippen molar-refractivity contribution in [2.24, 2.45) is 17.6 Å². The number of aliphatic hydroxyl groups is 14. The quantitative estimate of drug-likeness (QED) is 0.0583. The van der Waals surface area contributed by atoms with E-state index >= 15 is 0 Å². The van der Waals surface area contributed by atoms with E-state index in [2.05, 4.69) is 10.6 Å². The molecule has 2 bridgehead atoms. The van der Waals surface area contributed by atoms with E-state index in [4.69, 9.17) is 34.2 Å². The number of carbonyl (C=O) groups is 2. The maximum atomic E-state index is 13.5. The van der Waals surface area contributed by atoms with E-state index in [9.17, 15) is 81.1 Å². The predicted octanol–water partition coefficient (Wildman–Crippen LogP) is -5.11. The summed E-state index contributed by atoms with van der Waals surface area (Å²) in [6.45, 7) is 5.88. The fraction of sp³-hybridized carbons (Fsp3) is 0.714. The topological polar surface area (TPSA) is 423 Å². The molecule has 0 spiro atoms. The fourth-order valence-corrected chi connectivity index (χ4v) is 9.72. The van der Waals surface area contributed by atoms with Crippen LogP contribution < -0.4 is 40.3 Å². The van der Waals surface area contributed by atoms with E-state index in [-0.39, 0.29) is 75.2 Å². The second-order valence-electron chi connectivity index (χ2n) is 21.6. The van der Waals surface area contributed by atoms with Gasteiger partial charge in [0.15, 0.2) is 18.4 Å². The van der Waals surface area contributed by atoms with E-state index in [0.29, 0.717) is 0 Å². The molecule has 0 saturated carbocycles. The van der Waals surface area contributed by atoms with Crippen LogP contribution in [0, 0.1) is 11.8 Å². The van der Waals surface area contributed by atoms with Gasteiger partial charge in [-0.1, -0.05) is 98.9 Å². The van der Waals surface area contributed by atoms with Crippen molar-refractivity contribution in [1.82, 2.24) is 10.6 Å². The van der Waals surface area contributed by atoms with Crippen LogP contribution in [-0.2, 0) is 33.2 Å². The molecule has 4 aliphatic rings. The van der Waals surface area contributed by atoms with E-state index in [1.807, 2.05) is 13.0 Å². The first kappa shape index (κ1) is 73.1. The van der Waals surface area contributed by atoms with Crippen molar-refractivity contribution in [3.05, 3.63) is 85.1 Å². The Kier molecular flexibility index (Phi) is 32.8. The third-order valence-corrected chi connectivity index (χ3v) is 14.8. The summed E-state index contributed by atoms with van der Waals surface area (Å²) in [5.74, 6) is -3.87. The standard InChI is InChI=1S/C56H91N3O22.HI/c1-31-18-15-13-11-9-7-5-6-8-10-12-14-16-19-38(79-54-50(71)45(57)48(69)34(4)78-54)27-42-46(59-55(74)58-22-17-23-76-53-52(73)51(72)49(70)43(30-60)80-53)41(66)29-56(75,81-42)28-37(63)25-40(65)39(64)21-20-35(61)24-36(62)26-44(67)77-33(3)32(2)47(31)68;/h5-16,18-19,31-43,45-54,60-66,68-73,75H,17,20-30,57H2,1-4H3,(H2,58,59,74);1H/p-1/b6-5+,9-7+,10-8+,13-11+,14-12+,18-15+,19-16+;/t31-,32-,33?,34+,35+,36+,37-,38-,39+,40+,41-,42-,43+,45-,46+,47+,48+,49+,50-,51-,52-,53-,54-,56+;/m0./s1. The summed E-state index contributed by atoms with van der Waals surface area (Å²) < 4.78 is 34.6. The first-order chi connectivity index (χ1) is 38.3. The molecule has 470 valence electrons. The average molecular weight is 1290 g/mol. The number of aliphatic hydroxyl groups excluding tert-OH is 13. The molecule has 2 amide bonds. The first-order valence-corrected chi connectivity index (χ1v) is 27.8. The minimum Gasteiger partial charge on any atom is -1.00 e. The lowest BCUT2D eigenvalue weighted by molar-refractivity contribution is -0.303. The van der Waals surface area contributed by atoms with Crippen LogP contribution >= 0.6 is 0 Å². The number of ether oxygens (including phenoxy) is 6. The molecule has 24 atom stereocenters. The van der Waals surface area contributed by atoms with Crippen LogP contribution in [0.1, 0.15) is 85.5 Å². The Morgan fingerprint density at radius 1 is 0.659 bits per heavy atom. The number of fused-ring (bicyclic) bond motifs is 2. The molecule has 82 heavy (non-hydrogen) atoms. The van der Waals surface area contributed by atoms with Gasteiger partial charge >= 0.3 is 12.0 Å². The van der Waals surface area contributed by atoms with Gasteiger partial charge in [-0.15, -0.1) is 0 Å². The largest absolute Gasteiger partial charge is 1.00 e. The van der Waals surface area contributed by atoms with Crippen LogP contribution in [0.5, 0.6) is 0 Å². The second kappa shape index (κ2) is 36.8. The van der Waals surface area contributed by atoms with Crippen LogP contribution in [0.3, 0.4) is 0 Å². The SMILES string of the molecule is CC1OC(=O)C[C@H](O)C[C@H](O)CC[C@@H](O)[C@H](O)C[C@H](O)C[C@]2(O)C[C@H](O)[C@@H](NC(=O)NCCCO[C@H]3O[C@H](CO)[C@@H](O)[C@H](O)[C@@H]3O)[C@H](C[C@@H](O[C@@H]3O[C@H](C)[C@@H](O)[C@H](N)[C@@H]3O)/C=C/C=C/C=C/C=C/C=C/C=C/C=C/[C@H](C)[C@@H](O)[C@H]1C)O2.[I-]. The highest BCUT2D eigenvalue weighted by molar-refractivity contribution is 5.74. The molecule has 25 nitrogen and oxygen atoms in total. The van der Waals surface area contributed by atoms with Gasteiger partial charge in [0.05, 0.1) is 98.9 Å². The Morgan fingerprint density at radius 2 is 1.27 bits per heavy atom. The summed E-state index contributed by atoms with van der Waals surface area (Å²) in [4.78, 5) is 26.2. The number of nitrogens with one attached hydrogen (secondary N) is 2. The van der Waals surface area contributed by atoms with Crippen molar-refractivity contribution in [2.45, 2.75) is 220 Å². The van der Waals surface area contributed by atoms with Gasteiger partial charge in [0.2, 0.25) is 0 Å².